The van der Waals surface area contributed by atoms with Crippen molar-refractivity contribution < 1.29 is 18.3 Å². The number of sulfonamides is 1. The number of nitrogens with zero attached hydrogens (tertiary/aromatic N) is 3. The summed E-state index contributed by atoms with van der Waals surface area (Å²) < 4.78 is 27.0. The average Bonchev–Trinajstić information content (AvgIpc) is 2.55. The molecular weight excluding hydrogens is 316 g/mol. The number of carboxylic acids is 1. The van der Waals surface area contributed by atoms with E-state index in [0.29, 0.717) is 0 Å². The highest BCUT2D eigenvalue weighted by Crippen LogP contribution is 2.18. The largest absolute Gasteiger partial charge is 0.480 e. The normalized spacial score (nSPS) is 13.6. The maximum atomic E-state index is 11.9. The van der Waals surface area contributed by atoms with Gasteiger partial charge >= 0.3 is 5.97 Å². The van der Waals surface area contributed by atoms with E-state index in [0.717, 1.165) is 4.68 Å². The van der Waals surface area contributed by atoms with Gasteiger partial charge in [0.2, 0.25) is 5.03 Å². The van der Waals surface area contributed by atoms with E-state index in [-0.39, 0.29) is 16.0 Å². The zero-order valence-electron chi connectivity index (χ0n) is 9.08. The number of aryl methyl sites for hydroxylation is 1. The summed E-state index contributed by atoms with van der Waals surface area (Å²) in [6, 6.07) is -1.18. The number of rotatable bonds is 5. The highest BCUT2D eigenvalue weighted by atomic mass is 79.9. The van der Waals surface area contributed by atoms with E-state index in [1.807, 2.05) is 0 Å². The first kappa shape index (κ1) is 14.1. The molecule has 0 bridgehead atoms. The fourth-order valence-corrected chi connectivity index (χ4v) is 3.53. The predicted octanol–water partition coefficient (Wildman–Crippen LogP) is -0.281. The lowest BCUT2D eigenvalue weighted by atomic mass is 10.2. The van der Waals surface area contributed by atoms with E-state index in [2.05, 4.69) is 31.0 Å². The van der Waals surface area contributed by atoms with E-state index in [9.17, 15) is 13.2 Å². The summed E-state index contributed by atoms with van der Waals surface area (Å²) in [5.74, 6) is -1.23. The van der Waals surface area contributed by atoms with Gasteiger partial charge in [-0.05, 0) is 22.4 Å². The lowest BCUT2D eigenvalue weighted by Gasteiger charge is -2.12. The van der Waals surface area contributed by atoms with Gasteiger partial charge in [-0.15, -0.1) is 5.10 Å². The lowest BCUT2D eigenvalue weighted by Crippen LogP contribution is -2.40. The van der Waals surface area contributed by atoms with Crippen molar-refractivity contribution in [3.8, 4) is 0 Å². The third-order valence-electron chi connectivity index (χ3n) is 2.00. The number of carboxylic acid groups (broad SMARTS) is 1. The van der Waals surface area contributed by atoms with Gasteiger partial charge in [0.1, 0.15) is 6.04 Å². The van der Waals surface area contributed by atoms with Crippen molar-refractivity contribution in [1.29, 1.82) is 0 Å². The monoisotopic (exact) mass is 326 g/mol. The van der Waals surface area contributed by atoms with Crippen LogP contribution in [0.5, 0.6) is 0 Å². The lowest BCUT2D eigenvalue weighted by molar-refractivity contribution is -0.139. The second-order valence-electron chi connectivity index (χ2n) is 3.23. The molecule has 0 unspecified atom stereocenters. The van der Waals surface area contributed by atoms with Gasteiger partial charge in [0.15, 0.2) is 4.60 Å². The summed E-state index contributed by atoms with van der Waals surface area (Å²) in [4.78, 5) is 10.8. The molecule has 1 aromatic heterocycles. The van der Waals surface area contributed by atoms with Gasteiger partial charge in [0.25, 0.3) is 10.0 Å². The van der Waals surface area contributed by atoms with Crippen molar-refractivity contribution in [3.05, 3.63) is 4.60 Å². The summed E-state index contributed by atoms with van der Waals surface area (Å²) in [6.07, 6.45) is 0.136. The van der Waals surface area contributed by atoms with Crippen LogP contribution in [0.1, 0.15) is 13.3 Å². The summed E-state index contributed by atoms with van der Waals surface area (Å²) in [7, 11) is -2.58. The van der Waals surface area contributed by atoms with Crippen LogP contribution in [-0.2, 0) is 21.9 Å². The Labute approximate surface area is 106 Å². The molecule has 1 aromatic rings. The molecule has 0 aliphatic rings. The van der Waals surface area contributed by atoms with Crippen LogP contribution in [0.4, 0.5) is 0 Å². The highest BCUT2D eigenvalue weighted by Gasteiger charge is 2.29. The second-order valence-corrected chi connectivity index (χ2v) is 5.61. The molecule has 0 amide bonds. The first-order valence-corrected chi connectivity index (χ1v) is 6.87. The fraction of sp³-hybridized carbons (Fsp3) is 0.571. The van der Waals surface area contributed by atoms with Gasteiger partial charge < -0.3 is 5.11 Å². The zero-order valence-corrected chi connectivity index (χ0v) is 11.5. The minimum Gasteiger partial charge on any atom is -0.480 e. The van der Waals surface area contributed by atoms with E-state index in [1.54, 1.807) is 6.92 Å². The van der Waals surface area contributed by atoms with Gasteiger partial charge in [0, 0.05) is 7.05 Å². The van der Waals surface area contributed by atoms with E-state index in [4.69, 9.17) is 5.11 Å². The molecule has 1 atom stereocenters. The molecule has 0 spiro atoms. The van der Waals surface area contributed by atoms with Crippen molar-refractivity contribution >= 4 is 31.9 Å². The molecule has 10 heteroatoms. The fourth-order valence-electron chi connectivity index (χ4n) is 1.16. The number of hydrogen-bond donors (Lipinski definition) is 2. The van der Waals surface area contributed by atoms with Gasteiger partial charge in [-0.3, -0.25) is 4.79 Å². The molecule has 96 valence electrons. The average molecular weight is 327 g/mol. The second kappa shape index (κ2) is 5.10. The van der Waals surface area contributed by atoms with Gasteiger partial charge in [-0.1, -0.05) is 12.1 Å². The molecule has 0 aliphatic heterocycles. The SMILES string of the molecule is CC[C@@H](NS(=O)(=O)c1c(Br)nnn1C)C(=O)O. The maximum Gasteiger partial charge on any atom is 0.321 e. The Morgan fingerprint density at radius 1 is 1.65 bits per heavy atom. The molecule has 0 aliphatic carbocycles. The molecule has 0 fully saturated rings. The Morgan fingerprint density at radius 3 is 2.59 bits per heavy atom. The molecule has 1 rings (SSSR count). The van der Waals surface area contributed by atoms with Crippen LogP contribution in [0, 0.1) is 0 Å². The molecule has 0 saturated carbocycles. The van der Waals surface area contributed by atoms with E-state index >= 15 is 0 Å². The molecule has 1 heterocycles. The standard InChI is InChI=1S/C7H11BrN4O4S/c1-3-4(7(13)14)10-17(15,16)6-5(8)9-11-12(6)2/h4,10H,3H2,1-2H3,(H,13,14)/t4-/m1/s1. The number of carbonyl (C=O) groups is 1. The Balaban J connectivity index is 3.09. The topological polar surface area (TPSA) is 114 Å². The van der Waals surface area contributed by atoms with Crippen molar-refractivity contribution in [2.24, 2.45) is 7.05 Å². The molecule has 2 N–H and O–H groups in total. The Hall–Kier alpha value is -1.00. The Bertz CT molecular complexity index is 506. The molecule has 0 radical (unpaired) electrons. The smallest absolute Gasteiger partial charge is 0.321 e. The first-order valence-electron chi connectivity index (χ1n) is 4.60. The summed E-state index contributed by atoms with van der Waals surface area (Å²) in [5, 5.41) is 15.6. The summed E-state index contributed by atoms with van der Waals surface area (Å²) in [5.41, 5.74) is 0. The zero-order chi connectivity index (χ0) is 13.2. The number of hydrogen-bond acceptors (Lipinski definition) is 5. The van der Waals surface area contributed by atoms with Crippen molar-refractivity contribution in [2.45, 2.75) is 24.4 Å². The molecule has 8 nitrogen and oxygen atoms in total. The van der Waals surface area contributed by atoms with Crippen molar-refractivity contribution in [3.63, 3.8) is 0 Å². The minimum absolute atomic E-state index is 0.0349. The predicted molar refractivity (Wildman–Crippen MR) is 60.7 cm³/mol. The van der Waals surface area contributed by atoms with Crippen molar-refractivity contribution in [2.75, 3.05) is 0 Å². The van der Waals surface area contributed by atoms with E-state index in [1.165, 1.54) is 7.05 Å². The van der Waals surface area contributed by atoms with Crippen LogP contribution in [0.25, 0.3) is 0 Å². The molecular formula is C7H11BrN4O4S. The van der Waals surface area contributed by atoms with Crippen LogP contribution >= 0.6 is 15.9 Å². The van der Waals surface area contributed by atoms with Gasteiger partial charge in [0.05, 0.1) is 0 Å². The Kier molecular flexibility index (Phi) is 4.22. The van der Waals surface area contributed by atoms with Crippen LogP contribution in [0.15, 0.2) is 9.63 Å². The quantitative estimate of drug-likeness (QED) is 0.769. The molecule has 0 aromatic carbocycles. The summed E-state index contributed by atoms with van der Waals surface area (Å²) >= 11 is 2.94. The molecule has 17 heavy (non-hydrogen) atoms. The number of nitrogens with one attached hydrogen (secondary N) is 1. The van der Waals surface area contributed by atoms with Crippen molar-refractivity contribution in [1.82, 2.24) is 19.7 Å². The molecule has 0 saturated heterocycles. The van der Waals surface area contributed by atoms with Crippen LogP contribution in [-0.4, -0.2) is 40.5 Å². The minimum atomic E-state index is -3.97. The number of aromatic nitrogens is 3. The third-order valence-corrected chi connectivity index (χ3v) is 4.35. The highest BCUT2D eigenvalue weighted by molar-refractivity contribution is 9.10. The van der Waals surface area contributed by atoms with Gasteiger partial charge in [-0.25, -0.2) is 13.1 Å². The first-order chi connectivity index (χ1) is 7.79. The van der Waals surface area contributed by atoms with Crippen LogP contribution in [0.2, 0.25) is 0 Å². The summed E-state index contributed by atoms with van der Waals surface area (Å²) in [6.45, 7) is 1.57. The van der Waals surface area contributed by atoms with Crippen LogP contribution < -0.4 is 4.72 Å². The third kappa shape index (κ3) is 3.01. The number of halogens is 1. The van der Waals surface area contributed by atoms with E-state index < -0.39 is 22.0 Å². The maximum absolute atomic E-state index is 11.9. The van der Waals surface area contributed by atoms with Crippen LogP contribution in [0.3, 0.4) is 0 Å². The van der Waals surface area contributed by atoms with Gasteiger partial charge in [-0.2, -0.15) is 4.72 Å². The number of aliphatic carboxylic acids is 1. The Morgan fingerprint density at radius 2 is 2.24 bits per heavy atom.